The van der Waals surface area contributed by atoms with Gasteiger partial charge in [0.15, 0.2) is 0 Å². The van der Waals surface area contributed by atoms with Crippen molar-refractivity contribution in [2.24, 2.45) is 11.7 Å². The van der Waals surface area contributed by atoms with Gasteiger partial charge in [-0.3, -0.25) is 0 Å². The summed E-state index contributed by atoms with van der Waals surface area (Å²) in [5.41, 5.74) is 6.12. The minimum atomic E-state index is 0.367. The van der Waals surface area contributed by atoms with Gasteiger partial charge in [-0.2, -0.15) is 0 Å². The Hall–Kier alpha value is 0.140. The second-order valence-corrected chi connectivity index (χ2v) is 6.14. The van der Waals surface area contributed by atoms with E-state index in [1.807, 2.05) is 0 Å². The van der Waals surface area contributed by atoms with Crippen molar-refractivity contribution in [2.75, 3.05) is 0 Å². The summed E-state index contributed by atoms with van der Waals surface area (Å²) < 4.78 is 1.19. The summed E-state index contributed by atoms with van der Waals surface area (Å²) in [6, 6.07) is 2.55. The molecule has 78 valence electrons. The summed E-state index contributed by atoms with van der Waals surface area (Å²) in [4.78, 5) is 1.41. The molecule has 1 atom stereocenters. The van der Waals surface area contributed by atoms with Gasteiger partial charge in [-0.25, -0.2) is 0 Å². The van der Waals surface area contributed by atoms with Crippen molar-refractivity contribution in [3.63, 3.8) is 0 Å². The molecule has 1 aromatic heterocycles. The summed E-state index contributed by atoms with van der Waals surface area (Å²) in [6.45, 7) is 0. The molecule has 0 spiro atoms. The average Bonchev–Trinajstić information content (AvgIpc) is 2.44. The Labute approximate surface area is 97.8 Å². The summed E-state index contributed by atoms with van der Waals surface area (Å²) in [6.07, 6.45) is 6.49. The lowest BCUT2D eigenvalue weighted by Crippen LogP contribution is -2.28. The Morgan fingerprint density at radius 3 is 2.86 bits per heavy atom. The highest BCUT2D eigenvalue weighted by molar-refractivity contribution is 9.10. The molecular formula is C11H16BrNS. The second-order valence-electron chi connectivity index (χ2n) is 4.23. The maximum Gasteiger partial charge on any atom is 0.0285 e. The monoisotopic (exact) mass is 273 g/mol. The van der Waals surface area contributed by atoms with Crippen molar-refractivity contribution >= 4 is 27.3 Å². The number of thiophene rings is 1. The Morgan fingerprint density at radius 1 is 1.57 bits per heavy atom. The predicted octanol–water partition coefficient (Wildman–Crippen LogP) is 3.57. The van der Waals surface area contributed by atoms with Crippen molar-refractivity contribution < 1.29 is 0 Å². The maximum absolute atomic E-state index is 6.12. The van der Waals surface area contributed by atoms with E-state index in [1.54, 1.807) is 11.3 Å². The molecule has 0 bridgehead atoms. The van der Waals surface area contributed by atoms with E-state index in [1.165, 1.54) is 35.0 Å². The molecule has 0 saturated heterocycles. The minimum absolute atomic E-state index is 0.367. The topological polar surface area (TPSA) is 26.0 Å². The third kappa shape index (κ3) is 2.81. The highest BCUT2D eigenvalue weighted by atomic mass is 79.9. The first-order valence-electron chi connectivity index (χ1n) is 5.22. The summed E-state index contributed by atoms with van der Waals surface area (Å²) in [5, 5.41) is 2.13. The normalized spacial score (nSPS) is 19.3. The lowest BCUT2D eigenvalue weighted by Gasteiger charge is -2.27. The lowest BCUT2D eigenvalue weighted by molar-refractivity contribution is 0.276. The minimum Gasteiger partial charge on any atom is -0.327 e. The Kier molecular flexibility index (Phi) is 3.63. The SMILES string of the molecule is NC(Cc1cc(Br)cs1)CC1CCC1. The van der Waals surface area contributed by atoms with Gasteiger partial charge >= 0.3 is 0 Å². The Bertz CT molecular complexity index is 293. The molecule has 1 fully saturated rings. The largest absolute Gasteiger partial charge is 0.327 e. The van der Waals surface area contributed by atoms with Crippen molar-refractivity contribution in [3.05, 3.63) is 20.8 Å². The van der Waals surface area contributed by atoms with Crippen LogP contribution in [0.25, 0.3) is 0 Å². The predicted molar refractivity (Wildman–Crippen MR) is 65.7 cm³/mol. The zero-order chi connectivity index (χ0) is 9.97. The fourth-order valence-corrected chi connectivity index (χ4v) is 3.50. The highest BCUT2D eigenvalue weighted by Crippen LogP contribution is 2.31. The van der Waals surface area contributed by atoms with E-state index in [0.717, 1.165) is 12.3 Å². The first kappa shape index (κ1) is 10.7. The summed E-state index contributed by atoms with van der Waals surface area (Å²) in [7, 11) is 0. The molecule has 1 aliphatic carbocycles. The van der Waals surface area contributed by atoms with Crippen LogP contribution in [0.5, 0.6) is 0 Å². The molecule has 1 nitrogen and oxygen atoms in total. The van der Waals surface area contributed by atoms with Crippen LogP contribution in [0.15, 0.2) is 15.9 Å². The van der Waals surface area contributed by atoms with Crippen LogP contribution in [-0.4, -0.2) is 6.04 Å². The Balaban J connectivity index is 1.78. The van der Waals surface area contributed by atoms with E-state index in [0.29, 0.717) is 6.04 Å². The van der Waals surface area contributed by atoms with Crippen LogP contribution >= 0.6 is 27.3 Å². The van der Waals surface area contributed by atoms with Gasteiger partial charge in [0.05, 0.1) is 0 Å². The first-order chi connectivity index (χ1) is 6.74. The van der Waals surface area contributed by atoms with E-state index < -0.39 is 0 Å². The van der Waals surface area contributed by atoms with E-state index in [-0.39, 0.29) is 0 Å². The van der Waals surface area contributed by atoms with Crippen LogP contribution in [0.4, 0.5) is 0 Å². The number of hydrogen-bond donors (Lipinski definition) is 1. The number of rotatable bonds is 4. The van der Waals surface area contributed by atoms with Crippen LogP contribution < -0.4 is 5.73 Å². The molecule has 1 aromatic rings. The number of halogens is 1. The molecule has 0 aromatic carbocycles. The standard InChI is InChI=1S/C11H16BrNS/c12-9-5-11(14-7-9)6-10(13)4-8-2-1-3-8/h5,7-8,10H,1-4,6,13H2. The van der Waals surface area contributed by atoms with Gasteiger partial charge in [0.25, 0.3) is 0 Å². The van der Waals surface area contributed by atoms with Crippen LogP contribution in [0.3, 0.4) is 0 Å². The maximum atomic E-state index is 6.12. The molecule has 0 radical (unpaired) electrons. The fraction of sp³-hybridized carbons (Fsp3) is 0.636. The van der Waals surface area contributed by atoms with Crippen molar-refractivity contribution in [3.8, 4) is 0 Å². The van der Waals surface area contributed by atoms with Gasteiger partial charge in [0.2, 0.25) is 0 Å². The lowest BCUT2D eigenvalue weighted by atomic mass is 9.80. The van der Waals surface area contributed by atoms with E-state index in [9.17, 15) is 0 Å². The van der Waals surface area contributed by atoms with Gasteiger partial charge in [-0.15, -0.1) is 11.3 Å². The average molecular weight is 274 g/mol. The molecule has 3 heteroatoms. The molecule has 1 heterocycles. The highest BCUT2D eigenvalue weighted by Gasteiger charge is 2.20. The zero-order valence-corrected chi connectivity index (χ0v) is 10.6. The van der Waals surface area contributed by atoms with Crippen LogP contribution in [0, 0.1) is 5.92 Å². The van der Waals surface area contributed by atoms with Gasteiger partial charge in [0, 0.05) is 20.8 Å². The molecule has 0 aliphatic heterocycles. The molecule has 1 aliphatic rings. The first-order valence-corrected chi connectivity index (χ1v) is 6.90. The summed E-state index contributed by atoms with van der Waals surface area (Å²) in [5.74, 6) is 0.924. The quantitative estimate of drug-likeness (QED) is 0.892. The molecular weight excluding hydrogens is 258 g/mol. The zero-order valence-electron chi connectivity index (χ0n) is 8.21. The van der Waals surface area contributed by atoms with Gasteiger partial charge in [0.1, 0.15) is 0 Å². The van der Waals surface area contributed by atoms with Crippen LogP contribution in [0.1, 0.15) is 30.6 Å². The number of nitrogens with two attached hydrogens (primary N) is 1. The van der Waals surface area contributed by atoms with Gasteiger partial charge < -0.3 is 5.73 Å². The van der Waals surface area contributed by atoms with Gasteiger partial charge in [-0.05, 0) is 40.8 Å². The van der Waals surface area contributed by atoms with E-state index >= 15 is 0 Å². The van der Waals surface area contributed by atoms with E-state index in [4.69, 9.17) is 5.73 Å². The second kappa shape index (κ2) is 4.77. The molecule has 0 amide bonds. The van der Waals surface area contributed by atoms with Crippen molar-refractivity contribution in [1.29, 1.82) is 0 Å². The van der Waals surface area contributed by atoms with Gasteiger partial charge in [-0.1, -0.05) is 19.3 Å². The smallest absolute Gasteiger partial charge is 0.0285 e. The third-order valence-corrected chi connectivity index (χ3v) is 4.67. The van der Waals surface area contributed by atoms with Crippen molar-refractivity contribution in [1.82, 2.24) is 0 Å². The van der Waals surface area contributed by atoms with E-state index in [2.05, 4.69) is 27.4 Å². The molecule has 1 saturated carbocycles. The molecule has 14 heavy (non-hydrogen) atoms. The third-order valence-electron chi connectivity index (χ3n) is 2.95. The van der Waals surface area contributed by atoms with Crippen LogP contribution in [-0.2, 0) is 6.42 Å². The van der Waals surface area contributed by atoms with Crippen molar-refractivity contribution in [2.45, 2.75) is 38.1 Å². The molecule has 1 unspecified atom stereocenters. The molecule has 2 N–H and O–H groups in total. The number of hydrogen-bond acceptors (Lipinski definition) is 2. The fourth-order valence-electron chi connectivity index (χ4n) is 1.96. The Morgan fingerprint density at radius 2 is 2.36 bits per heavy atom. The van der Waals surface area contributed by atoms with Crippen LogP contribution in [0.2, 0.25) is 0 Å². The molecule has 2 rings (SSSR count). The summed E-state index contributed by atoms with van der Waals surface area (Å²) >= 11 is 5.27.